The number of nitriles is 1. The summed E-state index contributed by atoms with van der Waals surface area (Å²) in [7, 11) is 0. The Hall–Kier alpha value is -2.79. The smallest absolute Gasteiger partial charge is 0.416 e. The van der Waals surface area contributed by atoms with Crippen LogP contribution in [0.15, 0.2) is 50.8 Å². The maximum atomic E-state index is 13.0. The zero-order chi connectivity index (χ0) is 20.8. The fourth-order valence-corrected chi connectivity index (χ4v) is 4.05. The fourth-order valence-electron chi connectivity index (χ4n) is 3.23. The van der Waals surface area contributed by atoms with Crippen molar-refractivity contribution in [3.63, 3.8) is 0 Å². The van der Waals surface area contributed by atoms with Crippen LogP contribution < -0.4 is 5.43 Å². The van der Waals surface area contributed by atoms with Gasteiger partial charge in [0.2, 0.25) is 5.43 Å². The van der Waals surface area contributed by atoms with Crippen LogP contribution in [-0.2, 0) is 11.6 Å². The predicted octanol–water partition coefficient (Wildman–Crippen LogP) is 5.54. The third-order valence-corrected chi connectivity index (χ3v) is 5.94. The Bertz CT molecular complexity index is 1210. The Morgan fingerprint density at radius 2 is 2.07 bits per heavy atom. The van der Waals surface area contributed by atoms with E-state index in [1.54, 1.807) is 6.20 Å². The molecule has 0 amide bonds. The van der Waals surface area contributed by atoms with E-state index in [2.05, 4.69) is 11.1 Å². The number of rotatable bonds is 4. The molecular weight excluding hydrogens is 401 g/mol. The second kappa shape index (κ2) is 6.92. The third kappa shape index (κ3) is 3.40. The highest BCUT2D eigenvalue weighted by Gasteiger charge is 2.45. The molecule has 4 nitrogen and oxygen atoms in total. The largest absolute Gasteiger partial charge is 0.463 e. The minimum Gasteiger partial charge on any atom is -0.463 e. The zero-order valence-corrected chi connectivity index (χ0v) is 16.2. The lowest BCUT2D eigenvalue weighted by atomic mass is 9.99. The molecular formula is C21H15F3N2O2S. The Morgan fingerprint density at radius 3 is 2.69 bits per heavy atom. The van der Waals surface area contributed by atoms with Crippen LogP contribution in [0.2, 0.25) is 0 Å². The van der Waals surface area contributed by atoms with Crippen molar-refractivity contribution in [2.24, 2.45) is 0 Å². The molecule has 0 bridgehead atoms. The molecule has 0 spiro atoms. The van der Waals surface area contributed by atoms with Crippen LogP contribution >= 0.6 is 11.8 Å². The van der Waals surface area contributed by atoms with Crippen LogP contribution in [0.3, 0.4) is 0 Å². The van der Waals surface area contributed by atoms with Crippen LogP contribution in [0.25, 0.3) is 22.2 Å². The van der Waals surface area contributed by atoms with Gasteiger partial charge in [-0.15, -0.1) is 11.8 Å². The van der Waals surface area contributed by atoms with E-state index < -0.39 is 22.6 Å². The molecule has 1 aliphatic carbocycles. The van der Waals surface area contributed by atoms with Gasteiger partial charge >= 0.3 is 6.18 Å². The number of fused-ring (bicyclic) bond motifs is 1. The maximum Gasteiger partial charge on any atom is 0.416 e. The van der Waals surface area contributed by atoms with Gasteiger partial charge in [-0.3, -0.25) is 9.78 Å². The van der Waals surface area contributed by atoms with E-state index in [9.17, 15) is 23.2 Å². The maximum absolute atomic E-state index is 13.0. The highest BCUT2D eigenvalue weighted by Crippen LogP contribution is 2.48. The topological polar surface area (TPSA) is 66.9 Å². The van der Waals surface area contributed by atoms with E-state index in [4.69, 9.17) is 4.42 Å². The van der Waals surface area contributed by atoms with Gasteiger partial charge in [-0.2, -0.15) is 18.4 Å². The van der Waals surface area contributed by atoms with Gasteiger partial charge in [0.1, 0.15) is 11.8 Å². The lowest BCUT2D eigenvalue weighted by Gasteiger charge is -2.12. The fraction of sp³-hybridized carbons (Fsp3) is 0.286. The van der Waals surface area contributed by atoms with Gasteiger partial charge in [0, 0.05) is 11.1 Å². The number of benzene rings is 1. The van der Waals surface area contributed by atoms with Crippen molar-refractivity contribution in [1.29, 1.82) is 5.26 Å². The number of aromatic nitrogens is 1. The molecule has 1 saturated carbocycles. The summed E-state index contributed by atoms with van der Waals surface area (Å²) in [6.07, 6.45) is -0.209. The molecule has 0 N–H and O–H groups in total. The second-order valence-corrected chi connectivity index (χ2v) is 8.19. The van der Waals surface area contributed by atoms with Crippen LogP contribution in [0.1, 0.15) is 30.9 Å². The lowest BCUT2D eigenvalue weighted by molar-refractivity contribution is -0.137. The van der Waals surface area contributed by atoms with Crippen molar-refractivity contribution >= 4 is 22.7 Å². The predicted molar refractivity (Wildman–Crippen MR) is 104 cm³/mol. The van der Waals surface area contributed by atoms with E-state index in [1.807, 2.05) is 13.0 Å². The molecule has 1 aromatic carbocycles. The minimum absolute atomic E-state index is 0.0597. The van der Waals surface area contributed by atoms with Crippen LogP contribution in [-0.4, -0.2) is 10.7 Å². The highest BCUT2D eigenvalue weighted by molar-refractivity contribution is 7.99. The Balaban J connectivity index is 1.85. The molecule has 3 aromatic rings. The van der Waals surface area contributed by atoms with Gasteiger partial charge in [0.25, 0.3) is 0 Å². The molecule has 0 unspecified atom stereocenters. The zero-order valence-electron chi connectivity index (χ0n) is 15.3. The van der Waals surface area contributed by atoms with E-state index >= 15 is 0 Å². The Kier molecular flexibility index (Phi) is 4.66. The highest BCUT2D eigenvalue weighted by atomic mass is 32.2. The van der Waals surface area contributed by atoms with Crippen molar-refractivity contribution in [3.05, 3.63) is 58.1 Å². The van der Waals surface area contributed by atoms with E-state index in [0.717, 1.165) is 53.5 Å². The molecule has 148 valence electrons. The average Bonchev–Trinajstić information content (AvgIpc) is 3.49. The monoisotopic (exact) mass is 416 g/mol. The van der Waals surface area contributed by atoms with Crippen molar-refractivity contribution in [2.45, 2.75) is 36.3 Å². The number of pyridine rings is 1. The molecule has 0 radical (unpaired) electrons. The molecule has 4 rings (SSSR count). The molecule has 8 heteroatoms. The minimum atomic E-state index is -4.52. The first-order valence-electron chi connectivity index (χ1n) is 8.97. The first-order chi connectivity index (χ1) is 13.8. The van der Waals surface area contributed by atoms with Crippen molar-refractivity contribution in [1.82, 2.24) is 4.98 Å². The number of nitrogens with zero attached hydrogens (tertiary/aromatic N) is 2. The molecule has 0 saturated heterocycles. The summed E-state index contributed by atoms with van der Waals surface area (Å²) in [6.45, 7) is 1.96. The molecule has 29 heavy (non-hydrogen) atoms. The average molecular weight is 416 g/mol. The summed E-state index contributed by atoms with van der Waals surface area (Å²) in [5, 5.41) is 9.49. The second-order valence-electron chi connectivity index (χ2n) is 6.88. The van der Waals surface area contributed by atoms with Crippen molar-refractivity contribution in [3.8, 4) is 17.3 Å². The summed E-state index contributed by atoms with van der Waals surface area (Å²) in [5.41, 5.74) is -0.546. The van der Waals surface area contributed by atoms with Gasteiger partial charge < -0.3 is 4.42 Å². The standard InChI is InChI=1S/C21H15F3N2O2S/c1-2-29-17-8-13(20(11-25)5-6-20)9-26-18(17)15-10-28-16-7-12(21(22,23)24)3-4-14(16)19(15)27/h3-4,7-10H,2,5-6H2,1H3. The number of hydrogen-bond acceptors (Lipinski definition) is 5. The van der Waals surface area contributed by atoms with Gasteiger partial charge in [-0.1, -0.05) is 6.92 Å². The molecule has 1 aliphatic rings. The SMILES string of the molecule is CCSc1cc(C2(C#N)CC2)cnc1-c1coc2cc(C(F)(F)F)ccc2c1=O. The Labute approximate surface area is 168 Å². The van der Waals surface area contributed by atoms with Gasteiger partial charge in [-0.25, -0.2) is 0 Å². The lowest BCUT2D eigenvalue weighted by Crippen LogP contribution is -2.10. The molecule has 1 fully saturated rings. The Morgan fingerprint density at radius 1 is 1.31 bits per heavy atom. The quantitative estimate of drug-likeness (QED) is 0.523. The number of thioether (sulfide) groups is 1. The number of halogens is 3. The molecule has 2 heterocycles. The van der Waals surface area contributed by atoms with Crippen molar-refractivity contribution < 1.29 is 17.6 Å². The van der Waals surface area contributed by atoms with Gasteiger partial charge in [0.05, 0.1) is 33.7 Å². The van der Waals surface area contributed by atoms with Crippen molar-refractivity contribution in [2.75, 3.05) is 5.75 Å². The number of hydrogen-bond donors (Lipinski definition) is 0. The summed E-state index contributed by atoms with van der Waals surface area (Å²) < 4.78 is 44.1. The van der Waals surface area contributed by atoms with E-state index in [0.29, 0.717) is 5.69 Å². The third-order valence-electron chi connectivity index (χ3n) is 5.03. The summed E-state index contributed by atoms with van der Waals surface area (Å²) in [5.74, 6) is 0.728. The van der Waals surface area contributed by atoms with E-state index in [-0.39, 0.29) is 16.5 Å². The van der Waals surface area contributed by atoms with Gasteiger partial charge in [0.15, 0.2) is 0 Å². The summed E-state index contributed by atoms with van der Waals surface area (Å²) in [6, 6.07) is 7.02. The normalized spacial score (nSPS) is 15.3. The van der Waals surface area contributed by atoms with Gasteiger partial charge in [-0.05, 0) is 48.4 Å². The molecule has 0 atom stereocenters. The van der Waals surface area contributed by atoms with Crippen LogP contribution in [0.4, 0.5) is 13.2 Å². The molecule has 2 aromatic heterocycles. The molecule has 0 aliphatic heterocycles. The van der Waals surface area contributed by atoms with Crippen LogP contribution in [0.5, 0.6) is 0 Å². The van der Waals surface area contributed by atoms with Crippen LogP contribution in [0, 0.1) is 11.3 Å². The first kappa shape index (κ1) is 19.5. The van der Waals surface area contributed by atoms with E-state index in [1.165, 1.54) is 11.8 Å². The first-order valence-corrected chi connectivity index (χ1v) is 9.95. The summed E-state index contributed by atoms with van der Waals surface area (Å²) in [4.78, 5) is 18.1. The number of alkyl halides is 3. The summed E-state index contributed by atoms with van der Waals surface area (Å²) >= 11 is 1.48.